The number of carbonyl (C=O) groups is 1. The minimum atomic E-state index is -2.05. The molecular weight excluding hydrogens is 516 g/mol. The number of rotatable bonds is 6. The van der Waals surface area contributed by atoms with Gasteiger partial charge in [-0.25, -0.2) is 9.37 Å². The average Bonchev–Trinajstić information content (AvgIpc) is 3.20. The van der Waals surface area contributed by atoms with E-state index in [1.165, 1.54) is 12.1 Å². The van der Waals surface area contributed by atoms with E-state index in [0.717, 1.165) is 22.2 Å². The van der Waals surface area contributed by atoms with Gasteiger partial charge in [-0.2, -0.15) is 0 Å². The molecule has 0 bridgehead atoms. The lowest BCUT2D eigenvalue weighted by molar-refractivity contribution is -0.125. The summed E-state index contributed by atoms with van der Waals surface area (Å²) in [5.74, 6) is 0.141. The van der Waals surface area contributed by atoms with Crippen LogP contribution in [0.4, 0.5) is 16.0 Å². The fraction of sp³-hybridized carbons (Fsp3) is 0.345. The summed E-state index contributed by atoms with van der Waals surface area (Å²) in [5.41, 5.74) is 4.20. The van der Waals surface area contributed by atoms with Crippen LogP contribution in [0.3, 0.4) is 0 Å². The van der Waals surface area contributed by atoms with E-state index in [1.807, 2.05) is 56.4 Å². The number of pyridine rings is 1. The first-order valence-corrected chi connectivity index (χ1v) is 15.6. The Bertz CT molecular complexity index is 1730. The van der Waals surface area contributed by atoms with E-state index >= 15 is 0 Å². The van der Waals surface area contributed by atoms with Crippen LogP contribution >= 0.6 is 7.14 Å². The fourth-order valence-electron chi connectivity index (χ4n) is 5.29. The number of nitrogens with zero attached hydrogens (tertiary/aromatic N) is 2. The molecule has 4 aromatic rings. The largest absolute Gasteiger partial charge is 0.352 e. The third-order valence-corrected chi connectivity index (χ3v) is 10.1. The zero-order valence-electron chi connectivity index (χ0n) is 22.6. The molecule has 10 heteroatoms. The van der Waals surface area contributed by atoms with Crippen molar-refractivity contribution >= 4 is 52.6 Å². The number of aryl methyl sites for hydroxylation is 3. The maximum absolute atomic E-state index is 13.5. The highest BCUT2D eigenvalue weighted by Crippen LogP contribution is 2.47. The first-order chi connectivity index (χ1) is 18.5. The zero-order chi connectivity index (χ0) is 27.9. The summed E-state index contributed by atoms with van der Waals surface area (Å²) in [4.78, 5) is 33.4. The Labute approximate surface area is 226 Å². The van der Waals surface area contributed by atoms with Crippen LogP contribution in [0.5, 0.6) is 0 Å². The van der Waals surface area contributed by atoms with E-state index < -0.39 is 7.14 Å². The van der Waals surface area contributed by atoms with Gasteiger partial charge in [0.05, 0.1) is 23.6 Å². The van der Waals surface area contributed by atoms with Crippen molar-refractivity contribution in [3.63, 3.8) is 0 Å². The van der Waals surface area contributed by atoms with E-state index in [9.17, 15) is 18.5 Å². The molecule has 0 radical (unpaired) electrons. The fourth-order valence-corrected chi connectivity index (χ4v) is 7.23. The molecule has 0 aliphatic carbocycles. The summed E-state index contributed by atoms with van der Waals surface area (Å²) in [7, 11) is -0.212. The van der Waals surface area contributed by atoms with Gasteiger partial charge in [0.2, 0.25) is 11.9 Å². The molecule has 3 heterocycles. The quantitative estimate of drug-likeness (QED) is 0.277. The number of imidazole rings is 1. The van der Waals surface area contributed by atoms with Gasteiger partial charge in [0.15, 0.2) is 0 Å². The number of fused-ring (bicyclic) bond motifs is 3. The first kappa shape index (κ1) is 26.9. The van der Waals surface area contributed by atoms with Gasteiger partial charge in [0.1, 0.15) is 5.82 Å². The molecule has 1 aliphatic heterocycles. The second-order valence-corrected chi connectivity index (χ2v) is 14.1. The minimum absolute atomic E-state index is 0.0121. The molecule has 204 valence electrons. The van der Waals surface area contributed by atoms with Crippen molar-refractivity contribution in [3.8, 4) is 0 Å². The number of H-pyrrole nitrogens is 1. The van der Waals surface area contributed by atoms with Gasteiger partial charge in [0.25, 0.3) is 5.56 Å². The molecular formula is C29H33FN5O3P. The molecule has 3 N–H and O–H groups in total. The van der Waals surface area contributed by atoms with E-state index in [1.54, 1.807) is 6.07 Å². The topological polar surface area (TPSA) is 109 Å². The Morgan fingerprint density at radius 1 is 1.23 bits per heavy atom. The van der Waals surface area contributed by atoms with Gasteiger partial charge in [-0.3, -0.25) is 9.59 Å². The highest BCUT2D eigenvalue weighted by Gasteiger charge is 2.29. The summed E-state index contributed by atoms with van der Waals surface area (Å²) in [6, 6.07) is 8.30. The number of aromatic amines is 1. The lowest BCUT2D eigenvalue weighted by Gasteiger charge is -2.25. The third-order valence-electron chi connectivity index (χ3n) is 7.70. The zero-order valence-corrected chi connectivity index (χ0v) is 23.5. The summed E-state index contributed by atoms with van der Waals surface area (Å²) < 4.78 is 27.5. The lowest BCUT2D eigenvalue weighted by Crippen LogP contribution is -2.33. The molecule has 1 amide bonds. The van der Waals surface area contributed by atoms with Crippen LogP contribution in [-0.4, -0.2) is 46.0 Å². The van der Waals surface area contributed by atoms with Gasteiger partial charge >= 0.3 is 0 Å². The highest BCUT2D eigenvalue weighted by atomic mass is 31.2. The normalized spacial score (nSPS) is 19.7. The van der Waals surface area contributed by atoms with Gasteiger partial charge < -0.3 is 24.7 Å². The van der Waals surface area contributed by atoms with E-state index in [4.69, 9.17) is 0 Å². The molecule has 5 rings (SSSR count). The number of hydrogen-bond donors (Lipinski definition) is 3. The Kier molecular flexibility index (Phi) is 7.21. The van der Waals surface area contributed by atoms with Gasteiger partial charge in [0, 0.05) is 43.2 Å². The Hall–Kier alpha value is -3.71. The Morgan fingerprint density at radius 3 is 2.69 bits per heavy atom. The maximum atomic E-state index is 13.5. The lowest BCUT2D eigenvalue weighted by atomic mass is 10.0. The molecule has 1 aliphatic rings. The second-order valence-electron chi connectivity index (χ2n) is 10.6. The summed E-state index contributed by atoms with van der Waals surface area (Å²) in [5, 5.41) is 7.54. The number of anilines is 2. The van der Waals surface area contributed by atoms with Crippen molar-refractivity contribution in [1.82, 2.24) is 19.9 Å². The monoisotopic (exact) mass is 549 g/mol. The number of carbonyl (C=O) groups excluding carboxylic acids is 1. The smallest absolute Gasteiger partial charge is 0.258 e. The van der Waals surface area contributed by atoms with Crippen molar-refractivity contribution in [1.29, 1.82) is 0 Å². The van der Waals surface area contributed by atoms with Crippen LogP contribution < -0.4 is 16.2 Å². The molecule has 8 nitrogen and oxygen atoms in total. The molecule has 0 spiro atoms. The van der Waals surface area contributed by atoms with Gasteiger partial charge in [-0.15, -0.1) is 0 Å². The summed E-state index contributed by atoms with van der Waals surface area (Å²) in [6.07, 6.45) is 6.24. The van der Waals surface area contributed by atoms with Crippen LogP contribution in [0.25, 0.3) is 27.9 Å². The van der Waals surface area contributed by atoms with E-state index in [-0.39, 0.29) is 23.2 Å². The highest BCUT2D eigenvalue weighted by molar-refractivity contribution is 7.63. The predicted octanol–water partition coefficient (Wildman–Crippen LogP) is 5.45. The molecule has 0 saturated carbocycles. The molecule has 2 aromatic heterocycles. The van der Waals surface area contributed by atoms with Crippen molar-refractivity contribution in [2.75, 3.05) is 30.9 Å². The van der Waals surface area contributed by atoms with Crippen molar-refractivity contribution in [3.05, 3.63) is 69.4 Å². The van der Waals surface area contributed by atoms with E-state index in [2.05, 4.69) is 20.6 Å². The second kappa shape index (κ2) is 10.5. The van der Waals surface area contributed by atoms with Crippen molar-refractivity contribution in [2.24, 2.45) is 13.0 Å². The molecule has 1 saturated heterocycles. The van der Waals surface area contributed by atoms with Gasteiger partial charge in [-0.05, 0) is 80.2 Å². The summed E-state index contributed by atoms with van der Waals surface area (Å²) >= 11 is 0. The molecule has 0 unspecified atom stereocenters. The predicted molar refractivity (Wildman–Crippen MR) is 156 cm³/mol. The van der Waals surface area contributed by atoms with Crippen LogP contribution in [0.2, 0.25) is 0 Å². The van der Waals surface area contributed by atoms with Crippen molar-refractivity contribution < 1.29 is 13.8 Å². The number of aromatic nitrogens is 3. The standard InChI is InChI=1S/C29H33FN5O3P/c1-17-16-20(30)7-9-22(17)33-29-34-24-10-8-21-18(2)23(32-28(37)25(21)26(24)35(29)3)6-5-13-31-27(36)19-11-14-39(4,38)15-12-19/h5-10,16,19H,11-15H2,1-4H3,(H,31,36)(H,32,37)(H,33,34)/b6-5-. The average molecular weight is 550 g/mol. The van der Waals surface area contributed by atoms with Crippen molar-refractivity contribution in [2.45, 2.75) is 26.7 Å². The number of nitrogens with one attached hydrogen (secondary N) is 3. The van der Waals surface area contributed by atoms with Crippen LogP contribution in [0.1, 0.15) is 29.7 Å². The molecule has 2 aromatic carbocycles. The van der Waals surface area contributed by atoms with E-state index in [0.29, 0.717) is 59.8 Å². The Balaban J connectivity index is 1.38. The minimum Gasteiger partial charge on any atom is -0.352 e. The van der Waals surface area contributed by atoms with Crippen LogP contribution in [0.15, 0.2) is 41.2 Å². The first-order valence-electron chi connectivity index (χ1n) is 13.1. The molecule has 1 fully saturated rings. The Morgan fingerprint density at radius 2 is 1.97 bits per heavy atom. The number of hydrogen-bond acceptors (Lipinski definition) is 5. The maximum Gasteiger partial charge on any atom is 0.258 e. The third kappa shape index (κ3) is 5.41. The van der Waals surface area contributed by atoms with Gasteiger partial charge in [-0.1, -0.05) is 12.1 Å². The van der Waals surface area contributed by atoms with Crippen LogP contribution in [-0.2, 0) is 16.4 Å². The number of halogens is 1. The molecule has 0 atom stereocenters. The molecule has 39 heavy (non-hydrogen) atoms. The number of benzene rings is 2. The number of amides is 1. The van der Waals surface area contributed by atoms with Crippen LogP contribution in [0, 0.1) is 25.6 Å². The summed E-state index contributed by atoms with van der Waals surface area (Å²) in [6.45, 7) is 5.93. The SMILES string of the molecule is Cc1cc(F)ccc1Nc1nc2ccc3c(C)c(/C=C\CNC(=O)C4CCP(C)(=O)CC4)[nH]c(=O)c3c2n1C.